The van der Waals surface area contributed by atoms with Crippen LogP contribution in [0.4, 0.5) is 27.8 Å². The minimum atomic E-state index is -5.09. The molecule has 12 heteroatoms. The van der Waals surface area contributed by atoms with Crippen LogP contribution in [-0.2, 0) is 12.6 Å². The zero-order chi connectivity index (χ0) is 24.5. The first-order valence-corrected chi connectivity index (χ1v) is 10.0. The molecule has 0 saturated heterocycles. The molecule has 0 unspecified atom stereocenters. The maximum atomic E-state index is 14.3. The van der Waals surface area contributed by atoms with Gasteiger partial charge in [-0.05, 0) is 43.0 Å². The second-order valence-corrected chi connectivity index (χ2v) is 7.30. The zero-order valence-corrected chi connectivity index (χ0v) is 17.9. The Labute approximate surface area is 190 Å². The van der Waals surface area contributed by atoms with Crippen LogP contribution in [0.1, 0.15) is 22.4 Å². The maximum Gasteiger partial charge on any atom is 0.436 e. The smallest absolute Gasteiger partial charge is 0.436 e. The predicted octanol–water partition coefficient (Wildman–Crippen LogP) is 5.18. The van der Waals surface area contributed by atoms with Gasteiger partial charge in [-0.2, -0.15) is 13.2 Å². The van der Waals surface area contributed by atoms with Crippen molar-refractivity contribution in [1.82, 2.24) is 24.9 Å². The number of nitrogens with one attached hydrogen (secondary N) is 1. The van der Waals surface area contributed by atoms with E-state index in [-0.39, 0.29) is 11.9 Å². The molecule has 0 spiro atoms. The van der Waals surface area contributed by atoms with Crippen molar-refractivity contribution >= 4 is 17.0 Å². The summed E-state index contributed by atoms with van der Waals surface area (Å²) < 4.78 is 72.3. The maximum absolute atomic E-state index is 14.3. The summed E-state index contributed by atoms with van der Waals surface area (Å²) in [5.41, 5.74) is 1.33. The molecule has 0 radical (unpaired) electrons. The molecular weight excluding hydrogens is 459 g/mol. The summed E-state index contributed by atoms with van der Waals surface area (Å²) in [7, 11) is 0. The molecule has 3 heterocycles. The number of nitrogens with zero attached hydrogens (tertiary/aromatic N) is 5. The van der Waals surface area contributed by atoms with Crippen LogP contribution in [0.3, 0.4) is 0 Å². The Morgan fingerprint density at radius 2 is 1.71 bits per heavy atom. The van der Waals surface area contributed by atoms with Gasteiger partial charge in [-0.25, -0.2) is 33.7 Å². The Morgan fingerprint density at radius 3 is 2.47 bits per heavy atom. The average molecular weight is 476 g/mol. The van der Waals surface area contributed by atoms with Crippen molar-refractivity contribution in [2.24, 2.45) is 0 Å². The Bertz CT molecular complexity index is 1360. The van der Waals surface area contributed by atoms with Gasteiger partial charge >= 0.3 is 6.18 Å². The number of halogens is 5. The molecule has 0 amide bonds. The second-order valence-electron chi connectivity index (χ2n) is 7.30. The summed E-state index contributed by atoms with van der Waals surface area (Å²) in [6.45, 7) is 3.91. The lowest BCUT2D eigenvalue weighted by Gasteiger charge is -2.16. The molecule has 0 bridgehead atoms. The van der Waals surface area contributed by atoms with Gasteiger partial charge in [0, 0.05) is 18.9 Å². The summed E-state index contributed by atoms with van der Waals surface area (Å²) in [5.74, 6) is -3.84. The minimum Gasteiger partial charge on any atom is -0.451 e. The first-order chi connectivity index (χ1) is 16.2. The van der Waals surface area contributed by atoms with Crippen LogP contribution in [-0.4, -0.2) is 31.5 Å². The molecule has 0 aliphatic rings. The predicted molar refractivity (Wildman–Crippen MR) is 112 cm³/mol. The van der Waals surface area contributed by atoms with Gasteiger partial charge in [-0.1, -0.05) is 6.07 Å². The number of pyridine rings is 1. The first-order valence-electron chi connectivity index (χ1n) is 10.0. The number of ether oxygens (including phenoxy) is 1. The summed E-state index contributed by atoms with van der Waals surface area (Å²) in [6, 6.07) is 3.13. The van der Waals surface area contributed by atoms with Crippen LogP contribution >= 0.6 is 0 Å². The van der Waals surface area contributed by atoms with Gasteiger partial charge in [0.2, 0.25) is 5.75 Å². The number of anilines is 1. The van der Waals surface area contributed by atoms with Crippen molar-refractivity contribution < 1.29 is 26.7 Å². The van der Waals surface area contributed by atoms with Crippen molar-refractivity contribution in [3.63, 3.8) is 0 Å². The summed E-state index contributed by atoms with van der Waals surface area (Å²) >= 11 is 0. The van der Waals surface area contributed by atoms with Crippen LogP contribution < -0.4 is 10.1 Å². The van der Waals surface area contributed by atoms with Crippen molar-refractivity contribution in [2.75, 3.05) is 11.9 Å². The van der Waals surface area contributed by atoms with Crippen LogP contribution in [0, 0.1) is 25.5 Å². The Kier molecular flexibility index (Phi) is 6.22. The topological polar surface area (TPSA) is 85.7 Å². The van der Waals surface area contributed by atoms with Crippen LogP contribution in [0.25, 0.3) is 11.2 Å². The highest BCUT2D eigenvalue weighted by Crippen LogP contribution is 2.37. The van der Waals surface area contributed by atoms with Gasteiger partial charge in [-0.3, -0.25) is 0 Å². The van der Waals surface area contributed by atoms with Gasteiger partial charge in [0.1, 0.15) is 17.6 Å². The first kappa shape index (κ1) is 23.2. The molecule has 4 rings (SSSR count). The standard InChI is InChI=1S/C22H17F5N6O/c1-11-12(2)15(34-18-14(23)9-31-19(16(18)24)22(25,26)27)4-3-13(11)5-6-29-20-17-21(33-10-32-20)30-8-7-28-17/h3-4,7-10H,5-6H2,1-2H3,(H,29,30,32,33). The monoisotopic (exact) mass is 476 g/mol. The van der Waals surface area contributed by atoms with Gasteiger partial charge in [0.15, 0.2) is 28.8 Å². The van der Waals surface area contributed by atoms with Crippen molar-refractivity contribution in [3.05, 3.63) is 71.1 Å². The lowest BCUT2D eigenvalue weighted by molar-refractivity contribution is -0.143. The lowest BCUT2D eigenvalue weighted by Crippen LogP contribution is -2.13. The molecular formula is C22H17F5N6O. The molecule has 176 valence electrons. The van der Waals surface area contributed by atoms with E-state index in [4.69, 9.17) is 4.74 Å². The Hall–Kier alpha value is -3.96. The van der Waals surface area contributed by atoms with E-state index in [0.717, 1.165) is 11.1 Å². The molecule has 1 aromatic carbocycles. The van der Waals surface area contributed by atoms with Crippen molar-refractivity contribution in [3.8, 4) is 11.5 Å². The Morgan fingerprint density at radius 1 is 0.941 bits per heavy atom. The van der Waals surface area contributed by atoms with Crippen LogP contribution in [0.2, 0.25) is 0 Å². The van der Waals surface area contributed by atoms with E-state index >= 15 is 0 Å². The highest BCUT2D eigenvalue weighted by molar-refractivity contribution is 5.81. The Balaban J connectivity index is 1.52. The molecule has 3 aromatic heterocycles. The number of hydrogen-bond donors (Lipinski definition) is 1. The fourth-order valence-electron chi connectivity index (χ4n) is 3.32. The van der Waals surface area contributed by atoms with Crippen LogP contribution in [0.5, 0.6) is 11.5 Å². The number of hydrogen-bond acceptors (Lipinski definition) is 7. The molecule has 1 N–H and O–H groups in total. The van der Waals surface area contributed by atoms with Crippen molar-refractivity contribution in [1.29, 1.82) is 0 Å². The molecule has 34 heavy (non-hydrogen) atoms. The van der Waals surface area contributed by atoms with Crippen LogP contribution in [0.15, 0.2) is 37.1 Å². The fourth-order valence-corrected chi connectivity index (χ4v) is 3.32. The summed E-state index contributed by atoms with van der Waals surface area (Å²) in [6.07, 6.45) is 0.193. The molecule has 0 aliphatic carbocycles. The fraction of sp³-hybridized carbons (Fsp3) is 0.227. The molecule has 0 aliphatic heterocycles. The van der Waals surface area contributed by atoms with Gasteiger partial charge < -0.3 is 10.1 Å². The van der Waals surface area contributed by atoms with E-state index in [9.17, 15) is 22.0 Å². The van der Waals surface area contributed by atoms with E-state index in [1.807, 2.05) is 0 Å². The molecule has 7 nitrogen and oxygen atoms in total. The lowest BCUT2D eigenvalue weighted by atomic mass is 10.00. The van der Waals surface area contributed by atoms with E-state index in [1.165, 1.54) is 24.8 Å². The number of alkyl halides is 3. The minimum absolute atomic E-state index is 0.0309. The zero-order valence-electron chi connectivity index (χ0n) is 17.9. The third kappa shape index (κ3) is 4.56. The highest BCUT2D eigenvalue weighted by Gasteiger charge is 2.38. The number of rotatable bonds is 6. The van der Waals surface area contributed by atoms with E-state index in [1.54, 1.807) is 19.9 Å². The largest absolute Gasteiger partial charge is 0.451 e. The van der Waals surface area contributed by atoms with E-state index in [0.29, 0.717) is 35.5 Å². The molecule has 0 fully saturated rings. The molecule has 4 aromatic rings. The third-order valence-electron chi connectivity index (χ3n) is 5.22. The van der Waals surface area contributed by atoms with Crippen molar-refractivity contribution in [2.45, 2.75) is 26.4 Å². The number of aromatic nitrogens is 5. The van der Waals surface area contributed by atoms with Gasteiger partial charge in [-0.15, -0.1) is 0 Å². The summed E-state index contributed by atoms with van der Waals surface area (Å²) in [5, 5.41) is 3.18. The SMILES string of the molecule is Cc1c(CCNc2ncnc3nccnc23)ccc(Oc2c(F)cnc(C(F)(F)F)c2F)c1C. The van der Waals surface area contributed by atoms with E-state index in [2.05, 4.69) is 30.2 Å². The highest BCUT2D eigenvalue weighted by atomic mass is 19.4. The summed E-state index contributed by atoms with van der Waals surface area (Å²) in [4.78, 5) is 19.4. The quantitative estimate of drug-likeness (QED) is 0.384. The van der Waals surface area contributed by atoms with Gasteiger partial charge in [0.25, 0.3) is 0 Å². The molecule has 0 atom stereocenters. The normalized spacial score (nSPS) is 11.6. The van der Waals surface area contributed by atoms with Gasteiger partial charge in [0.05, 0.1) is 6.20 Å². The average Bonchev–Trinajstić information content (AvgIpc) is 2.80. The third-order valence-corrected chi connectivity index (χ3v) is 5.22. The number of benzene rings is 1. The van der Waals surface area contributed by atoms with E-state index < -0.39 is 29.3 Å². The number of fused-ring (bicyclic) bond motifs is 1. The second kappa shape index (κ2) is 9.12. The molecule has 0 saturated carbocycles.